The van der Waals surface area contributed by atoms with Crippen molar-refractivity contribution in [3.63, 3.8) is 0 Å². The lowest BCUT2D eigenvalue weighted by Gasteiger charge is -2.21. The molecule has 17 nitrogen and oxygen atoms in total. The lowest BCUT2D eigenvalue weighted by molar-refractivity contribution is -0.161. The zero-order valence-corrected chi connectivity index (χ0v) is 65.9. The first-order chi connectivity index (χ1) is 50.7. The van der Waals surface area contributed by atoms with Crippen molar-refractivity contribution in [2.45, 2.75) is 290 Å². The third-order valence-corrected chi connectivity index (χ3v) is 17.3. The predicted molar refractivity (Wildman–Crippen MR) is 426 cm³/mol. The van der Waals surface area contributed by atoms with E-state index in [9.17, 15) is 43.2 Å². The Hall–Kier alpha value is -5.84. The smallest absolute Gasteiger partial charge is 0.462 e. The molecule has 0 aromatic carbocycles. The molecule has 3 N–H and O–H groups in total. The van der Waals surface area contributed by atoms with Gasteiger partial charge in [0.15, 0.2) is 12.2 Å². The summed E-state index contributed by atoms with van der Waals surface area (Å²) >= 11 is 0. The molecule has 0 aliphatic heterocycles. The second-order valence-corrected chi connectivity index (χ2v) is 28.1. The number of hydrogen-bond donors (Lipinski definition) is 3. The Balaban J connectivity index is 5.44. The normalized spacial score (nSPS) is 14.9. The van der Waals surface area contributed by atoms with E-state index in [0.29, 0.717) is 38.5 Å². The van der Waals surface area contributed by atoms with Crippen LogP contribution in [-0.2, 0) is 65.4 Å². The number of allylic oxidation sites excluding steroid dienone is 30. The van der Waals surface area contributed by atoms with Crippen molar-refractivity contribution in [2.75, 3.05) is 39.6 Å². The van der Waals surface area contributed by atoms with Crippen LogP contribution in [0.3, 0.4) is 0 Å². The van der Waals surface area contributed by atoms with Gasteiger partial charge in [-0.2, -0.15) is 0 Å². The van der Waals surface area contributed by atoms with Crippen LogP contribution in [0, 0.1) is 0 Å². The number of ether oxygens (including phenoxy) is 4. The van der Waals surface area contributed by atoms with E-state index in [4.69, 9.17) is 37.0 Å². The molecule has 0 heterocycles. The summed E-state index contributed by atoms with van der Waals surface area (Å²) in [6.07, 6.45) is 90.5. The predicted octanol–water partition coefficient (Wildman–Crippen LogP) is 22.8. The second-order valence-electron chi connectivity index (χ2n) is 25.1. The minimum Gasteiger partial charge on any atom is -0.462 e. The Morgan fingerprint density at radius 1 is 0.279 bits per heavy atom. The molecule has 0 aromatic rings. The van der Waals surface area contributed by atoms with Gasteiger partial charge in [-0.15, -0.1) is 0 Å². The average molecular weight is 1490 g/mol. The van der Waals surface area contributed by atoms with E-state index in [0.717, 1.165) is 173 Å². The van der Waals surface area contributed by atoms with Crippen LogP contribution in [0.15, 0.2) is 182 Å². The van der Waals surface area contributed by atoms with Crippen LogP contribution >= 0.6 is 15.6 Å². The molecule has 0 aliphatic rings. The van der Waals surface area contributed by atoms with Crippen LogP contribution in [0.25, 0.3) is 0 Å². The largest absolute Gasteiger partial charge is 0.472 e. The molecular formula is C85H136O17P2. The van der Waals surface area contributed by atoms with E-state index in [-0.39, 0.29) is 25.7 Å². The maximum atomic E-state index is 13.1. The number of esters is 4. The standard InChI is InChI=1S/C85H136O17P2/c1-5-9-13-17-21-25-29-32-35-37-39-41-44-46-50-53-57-61-65-69-82(87)95-75-80(101-84(89)71-67-63-59-55-49-28-24-20-16-12-8-4)77-99-103(91,92)97-73-79(86)74-98-104(93,94)100-78-81(102-85(90)72-68-64-60-56-52-48-43-34-31-27-23-19-15-11-7-3)76-96-83(88)70-66-62-58-54-51-47-45-42-40-38-36-33-30-26-22-18-14-10-6-2/h9-11,13-15,20-27,32-36,39-43,46,50,52,56-57,61,79-81,86H,5-8,12,16-19,28-31,37-38,44-45,47-49,51,53-55,58-60,62-78H2,1-4H3,(H,91,92)(H,93,94)/b13-9-,14-10-,15-11-,24-20-,25-21-,26-22-,27-23-,35-32-,36-33-,41-39-,42-40-,43-34-,50-46-,56-52-,61-57-. The molecule has 0 spiro atoms. The summed E-state index contributed by atoms with van der Waals surface area (Å²) < 4.78 is 68.4. The van der Waals surface area contributed by atoms with Crippen molar-refractivity contribution in [3.05, 3.63) is 182 Å². The molecule has 19 heteroatoms. The van der Waals surface area contributed by atoms with E-state index in [1.165, 1.54) is 6.42 Å². The highest BCUT2D eigenvalue weighted by molar-refractivity contribution is 7.47. The highest BCUT2D eigenvalue weighted by Gasteiger charge is 2.30. The number of aliphatic hydroxyl groups excluding tert-OH is 1. The Labute approximate surface area is 628 Å². The third kappa shape index (κ3) is 74.4. The molecule has 0 aromatic heterocycles. The SMILES string of the molecule is CC/C=C\C/C=C\C/C=C\C/C=C\C/C=C\C/C=C\CCC(=O)OCC(COP(=O)(O)OCC(O)COP(=O)(O)OCC(COC(=O)CCCCCCCC/C=C\C/C=C\C/C=C\C/C=C\CC)OC(=O)CCCC/C=C\C/C=C\C/C=C\C/C=C\CC)OC(=O)CCCCCCC/C=C\CCCC. The van der Waals surface area contributed by atoms with Gasteiger partial charge in [-0.05, 0) is 161 Å². The lowest BCUT2D eigenvalue weighted by Crippen LogP contribution is -2.30. The highest BCUT2D eigenvalue weighted by atomic mass is 31.2. The van der Waals surface area contributed by atoms with E-state index in [2.05, 4.69) is 192 Å². The molecule has 0 saturated heterocycles. The zero-order valence-electron chi connectivity index (χ0n) is 64.1. The molecule has 0 fully saturated rings. The summed E-state index contributed by atoms with van der Waals surface area (Å²) in [7, 11) is -10.0. The summed E-state index contributed by atoms with van der Waals surface area (Å²) in [5.41, 5.74) is 0. The van der Waals surface area contributed by atoms with Crippen LogP contribution in [0.1, 0.15) is 272 Å². The number of carbonyl (C=O) groups excluding carboxylic acids is 4. The third-order valence-electron chi connectivity index (χ3n) is 15.4. The van der Waals surface area contributed by atoms with Crippen LogP contribution in [0.2, 0.25) is 0 Å². The van der Waals surface area contributed by atoms with E-state index in [1.807, 2.05) is 18.2 Å². The second kappa shape index (κ2) is 75.4. The van der Waals surface area contributed by atoms with Gasteiger partial charge in [-0.1, -0.05) is 268 Å². The first-order valence-electron chi connectivity index (χ1n) is 39.0. The van der Waals surface area contributed by atoms with Crippen molar-refractivity contribution in [2.24, 2.45) is 0 Å². The highest BCUT2D eigenvalue weighted by Crippen LogP contribution is 2.45. The van der Waals surface area contributed by atoms with Crippen LogP contribution in [0.4, 0.5) is 0 Å². The van der Waals surface area contributed by atoms with E-state index >= 15 is 0 Å². The molecule has 0 rings (SSSR count). The van der Waals surface area contributed by atoms with Gasteiger partial charge in [0.2, 0.25) is 0 Å². The molecule has 0 amide bonds. The fourth-order valence-corrected chi connectivity index (χ4v) is 11.1. The number of unbranched alkanes of at least 4 members (excludes halogenated alkanes) is 15. The fourth-order valence-electron chi connectivity index (χ4n) is 9.50. The lowest BCUT2D eigenvalue weighted by atomic mass is 10.1. The van der Waals surface area contributed by atoms with Gasteiger partial charge in [0.05, 0.1) is 26.4 Å². The van der Waals surface area contributed by atoms with Gasteiger partial charge < -0.3 is 33.8 Å². The molecule has 0 radical (unpaired) electrons. The van der Waals surface area contributed by atoms with Gasteiger partial charge >= 0.3 is 39.5 Å². The average Bonchev–Trinajstić information content (AvgIpc) is 0.931. The minimum absolute atomic E-state index is 0.0276. The molecule has 0 bridgehead atoms. The molecule has 5 unspecified atom stereocenters. The monoisotopic (exact) mass is 1490 g/mol. The van der Waals surface area contributed by atoms with Crippen molar-refractivity contribution < 1.29 is 80.2 Å². The van der Waals surface area contributed by atoms with Crippen molar-refractivity contribution in [1.82, 2.24) is 0 Å². The summed E-state index contributed by atoms with van der Waals surface area (Å²) in [6, 6.07) is 0. The van der Waals surface area contributed by atoms with Crippen LogP contribution in [0.5, 0.6) is 0 Å². The zero-order chi connectivity index (χ0) is 76.0. The van der Waals surface area contributed by atoms with Gasteiger partial charge in [0, 0.05) is 25.7 Å². The molecule has 0 saturated carbocycles. The Morgan fingerprint density at radius 3 is 0.856 bits per heavy atom. The fraction of sp³-hybridized carbons (Fsp3) is 0.600. The summed E-state index contributed by atoms with van der Waals surface area (Å²) in [5, 5.41) is 10.6. The molecule has 0 aliphatic carbocycles. The molecule has 588 valence electrons. The Bertz CT molecular complexity index is 2690. The van der Waals surface area contributed by atoms with Gasteiger partial charge in [-0.25, -0.2) is 9.13 Å². The van der Waals surface area contributed by atoms with Gasteiger partial charge in [-0.3, -0.25) is 37.3 Å². The van der Waals surface area contributed by atoms with Gasteiger partial charge in [0.25, 0.3) is 0 Å². The molecular weight excluding hydrogens is 1350 g/mol. The number of rotatable bonds is 71. The summed E-state index contributed by atoms with van der Waals surface area (Å²) in [4.78, 5) is 72.9. The Kier molecular flexibility index (Phi) is 71.2. The van der Waals surface area contributed by atoms with Crippen LogP contribution < -0.4 is 0 Å². The van der Waals surface area contributed by atoms with Crippen LogP contribution in [-0.4, -0.2) is 96.7 Å². The summed E-state index contributed by atoms with van der Waals surface area (Å²) in [5.74, 6) is -2.36. The number of hydrogen-bond acceptors (Lipinski definition) is 15. The summed E-state index contributed by atoms with van der Waals surface area (Å²) in [6.45, 7) is 4.30. The van der Waals surface area contributed by atoms with Crippen molar-refractivity contribution in [1.29, 1.82) is 0 Å². The molecule has 104 heavy (non-hydrogen) atoms. The van der Waals surface area contributed by atoms with E-state index < -0.39 is 97.5 Å². The number of phosphoric ester groups is 2. The maximum Gasteiger partial charge on any atom is 0.472 e. The van der Waals surface area contributed by atoms with Gasteiger partial charge in [0.1, 0.15) is 19.3 Å². The molecule has 5 atom stereocenters. The number of carbonyl (C=O) groups is 4. The number of aliphatic hydroxyl groups is 1. The maximum absolute atomic E-state index is 13.1. The minimum atomic E-state index is -5.00. The van der Waals surface area contributed by atoms with E-state index in [1.54, 1.807) is 0 Å². The first-order valence-corrected chi connectivity index (χ1v) is 42.0. The Morgan fingerprint density at radius 2 is 0.519 bits per heavy atom. The number of phosphoric acid groups is 2. The first kappa shape index (κ1) is 98.2. The van der Waals surface area contributed by atoms with Crippen molar-refractivity contribution in [3.8, 4) is 0 Å². The quantitative estimate of drug-likeness (QED) is 0.0169. The topological polar surface area (TPSA) is 237 Å². The van der Waals surface area contributed by atoms with Crippen molar-refractivity contribution >= 4 is 39.5 Å².